The molecule has 0 aliphatic rings. The van der Waals surface area contributed by atoms with Crippen LogP contribution in [-0.4, -0.2) is 45.2 Å². The van der Waals surface area contributed by atoms with E-state index in [2.05, 4.69) is 31.6 Å². The molecule has 0 amide bonds. The van der Waals surface area contributed by atoms with Gasteiger partial charge in [0.05, 0.1) is 25.6 Å². The first-order valence-corrected chi connectivity index (χ1v) is 11.7. The fourth-order valence-electron chi connectivity index (χ4n) is 1.95. The minimum atomic E-state index is -4.41. The highest BCUT2D eigenvalue weighted by molar-refractivity contribution is 7.80. The average Bonchev–Trinajstić information content (AvgIpc) is 2.41. The van der Waals surface area contributed by atoms with Crippen molar-refractivity contribution in [1.82, 2.24) is 0 Å². The first-order valence-electron chi connectivity index (χ1n) is 7.59. The molecule has 0 spiro atoms. The zero-order valence-corrected chi connectivity index (χ0v) is 15.6. The molecular formula is C14H33O4PS. The molecule has 0 unspecified atom stereocenters. The van der Waals surface area contributed by atoms with Crippen LogP contribution in [0.1, 0.15) is 59.3 Å². The number of rotatable bonds is 10. The molecule has 0 saturated carbocycles. The Balaban J connectivity index is 0. The molecule has 0 aliphatic carbocycles. The van der Waals surface area contributed by atoms with E-state index in [0.29, 0.717) is 0 Å². The van der Waals surface area contributed by atoms with Gasteiger partial charge in [0, 0.05) is 13.9 Å². The van der Waals surface area contributed by atoms with Crippen LogP contribution in [-0.2, 0) is 14.6 Å². The minimum absolute atomic E-state index is 0.519. The van der Waals surface area contributed by atoms with E-state index in [1.54, 1.807) is 18.5 Å². The molecule has 0 atom stereocenters. The van der Waals surface area contributed by atoms with E-state index in [9.17, 15) is 13.0 Å². The van der Waals surface area contributed by atoms with E-state index < -0.39 is 17.7 Å². The van der Waals surface area contributed by atoms with Gasteiger partial charge in [0.25, 0.3) is 0 Å². The third-order valence-electron chi connectivity index (χ3n) is 3.36. The van der Waals surface area contributed by atoms with Crippen LogP contribution in [0.25, 0.3) is 0 Å². The smallest absolute Gasteiger partial charge is 0.217 e. The summed E-state index contributed by atoms with van der Waals surface area (Å²) in [5, 5.41) is 0. The van der Waals surface area contributed by atoms with Crippen molar-refractivity contribution >= 4 is 17.7 Å². The van der Waals surface area contributed by atoms with E-state index in [-0.39, 0.29) is 0 Å². The van der Waals surface area contributed by atoms with Gasteiger partial charge in [-0.05, 0) is 19.3 Å². The SMILES string of the molecule is CCCC[P+](C)(CCCC)CCCC.COS(=O)(=O)[O-]. The highest BCUT2D eigenvalue weighted by atomic mass is 32.3. The van der Waals surface area contributed by atoms with Gasteiger partial charge in [-0.15, -0.1) is 0 Å². The van der Waals surface area contributed by atoms with Gasteiger partial charge in [-0.2, -0.15) is 0 Å². The van der Waals surface area contributed by atoms with Crippen molar-refractivity contribution in [2.45, 2.75) is 59.3 Å². The van der Waals surface area contributed by atoms with E-state index in [1.807, 2.05) is 0 Å². The Hall–Kier alpha value is 0.300. The molecule has 0 heterocycles. The Kier molecular flexibility index (Phi) is 14.7. The third-order valence-corrected chi connectivity index (χ3v) is 7.95. The summed E-state index contributed by atoms with van der Waals surface area (Å²) in [6, 6.07) is 0. The minimum Gasteiger partial charge on any atom is -0.726 e. The van der Waals surface area contributed by atoms with E-state index >= 15 is 0 Å². The van der Waals surface area contributed by atoms with Crippen molar-refractivity contribution in [1.29, 1.82) is 0 Å². The highest BCUT2D eigenvalue weighted by Crippen LogP contribution is 2.57. The van der Waals surface area contributed by atoms with Crippen molar-refractivity contribution in [2.75, 3.05) is 32.3 Å². The Labute approximate surface area is 127 Å². The average molecular weight is 328 g/mol. The Morgan fingerprint density at radius 3 is 1.30 bits per heavy atom. The monoisotopic (exact) mass is 328 g/mol. The van der Waals surface area contributed by atoms with Gasteiger partial charge in [-0.25, -0.2) is 8.42 Å². The second-order valence-corrected chi connectivity index (χ2v) is 11.2. The maximum absolute atomic E-state index is 9.22. The first kappa shape index (κ1) is 22.6. The number of hydrogen-bond donors (Lipinski definition) is 0. The van der Waals surface area contributed by atoms with Gasteiger partial charge in [-0.3, -0.25) is 4.18 Å². The molecule has 0 aromatic carbocycles. The zero-order chi connectivity index (χ0) is 16.1. The standard InChI is InChI=1S/C13H30P.CH4O4S/c1-5-8-11-14(4,12-9-6-2)13-10-7-3;1-5-6(2,3)4/h5-13H2,1-4H3;1H3,(H,2,3,4)/q+1;/p-1. The van der Waals surface area contributed by atoms with E-state index in [4.69, 9.17) is 0 Å². The summed E-state index contributed by atoms with van der Waals surface area (Å²) < 4.78 is 31.0. The molecule has 4 nitrogen and oxygen atoms in total. The predicted molar refractivity (Wildman–Crippen MR) is 88.9 cm³/mol. The largest absolute Gasteiger partial charge is 0.726 e. The number of unbranched alkanes of at least 4 members (excludes halogenated alkanes) is 3. The molecule has 0 radical (unpaired) electrons. The molecule has 6 heteroatoms. The fraction of sp³-hybridized carbons (Fsp3) is 1.00. The summed E-state index contributed by atoms with van der Waals surface area (Å²) >= 11 is 0. The van der Waals surface area contributed by atoms with Gasteiger partial charge in [0.2, 0.25) is 10.4 Å². The third kappa shape index (κ3) is 16.4. The molecule has 0 bridgehead atoms. The molecule has 0 fully saturated rings. The first-order chi connectivity index (χ1) is 9.24. The summed E-state index contributed by atoms with van der Waals surface area (Å²) in [6.45, 7) is 9.59. The van der Waals surface area contributed by atoms with Gasteiger partial charge in [-0.1, -0.05) is 40.0 Å². The van der Waals surface area contributed by atoms with Crippen molar-refractivity contribution < 1.29 is 17.2 Å². The lowest BCUT2D eigenvalue weighted by molar-refractivity contribution is 0.314. The van der Waals surface area contributed by atoms with Crippen LogP contribution >= 0.6 is 7.26 Å². The fourth-order valence-corrected chi connectivity index (χ4v) is 5.86. The second kappa shape index (κ2) is 13.0. The maximum atomic E-state index is 9.22. The van der Waals surface area contributed by atoms with E-state index in [0.717, 1.165) is 7.11 Å². The molecule has 0 aromatic rings. The van der Waals surface area contributed by atoms with Gasteiger partial charge in [0.15, 0.2) is 0 Å². The summed E-state index contributed by atoms with van der Waals surface area (Å²) in [6.07, 6.45) is 13.2. The van der Waals surface area contributed by atoms with Crippen LogP contribution in [0.2, 0.25) is 0 Å². The lowest BCUT2D eigenvalue weighted by Crippen LogP contribution is -2.07. The zero-order valence-electron chi connectivity index (χ0n) is 13.9. The molecular weight excluding hydrogens is 295 g/mol. The molecule has 0 N–H and O–H groups in total. The summed E-state index contributed by atoms with van der Waals surface area (Å²) in [4.78, 5) is 0. The van der Waals surface area contributed by atoms with Gasteiger partial charge in [0.1, 0.15) is 0 Å². The molecule has 0 rings (SSSR count). The molecule has 0 aromatic heterocycles. The van der Waals surface area contributed by atoms with Crippen LogP contribution in [0.5, 0.6) is 0 Å². The Morgan fingerprint density at radius 2 is 1.15 bits per heavy atom. The highest BCUT2D eigenvalue weighted by Gasteiger charge is 2.28. The van der Waals surface area contributed by atoms with E-state index in [1.165, 1.54) is 38.5 Å². The molecule has 124 valence electrons. The van der Waals surface area contributed by atoms with Crippen LogP contribution in [0, 0.1) is 0 Å². The van der Waals surface area contributed by atoms with Crippen LogP contribution < -0.4 is 0 Å². The maximum Gasteiger partial charge on any atom is 0.217 e. The molecule has 0 saturated heterocycles. The Bertz CT molecular complexity index is 283. The van der Waals surface area contributed by atoms with Crippen LogP contribution in [0.4, 0.5) is 0 Å². The number of hydrogen-bond acceptors (Lipinski definition) is 4. The molecule has 0 aliphatic heterocycles. The van der Waals surface area contributed by atoms with Gasteiger partial charge >= 0.3 is 0 Å². The Morgan fingerprint density at radius 1 is 0.900 bits per heavy atom. The normalized spacial score (nSPS) is 11.9. The lowest BCUT2D eigenvalue weighted by Gasteiger charge is -2.22. The second-order valence-electron chi connectivity index (χ2n) is 5.43. The molecule has 20 heavy (non-hydrogen) atoms. The van der Waals surface area contributed by atoms with Crippen molar-refractivity contribution in [2.24, 2.45) is 0 Å². The van der Waals surface area contributed by atoms with Crippen molar-refractivity contribution in [3.05, 3.63) is 0 Å². The summed E-state index contributed by atoms with van der Waals surface area (Å²) in [5.41, 5.74) is 0. The predicted octanol–water partition coefficient (Wildman–Crippen LogP) is 4.13. The van der Waals surface area contributed by atoms with Crippen molar-refractivity contribution in [3.8, 4) is 0 Å². The summed E-state index contributed by atoms with van der Waals surface area (Å²) in [5.74, 6) is 0. The topological polar surface area (TPSA) is 66.4 Å². The summed E-state index contributed by atoms with van der Waals surface area (Å²) in [7, 11) is -4.12. The van der Waals surface area contributed by atoms with Crippen LogP contribution in [0.15, 0.2) is 0 Å². The van der Waals surface area contributed by atoms with Crippen molar-refractivity contribution in [3.63, 3.8) is 0 Å². The lowest BCUT2D eigenvalue weighted by atomic mass is 10.4. The van der Waals surface area contributed by atoms with Gasteiger partial charge < -0.3 is 4.55 Å². The quantitative estimate of drug-likeness (QED) is 0.343. The van der Waals surface area contributed by atoms with Crippen LogP contribution in [0.3, 0.4) is 0 Å².